The molecule has 0 aliphatic heterocycles. The van der Waals surface area contributed by atoms with Crippen molar-refractivity contribution < 1.29 is 18.3 Å². The van der Waals surface area contributed by atoms with Crippen molar-refractivity contribution >= 4 is 34.5 Å². The van der Waals surface area contributed by atoms with Crippen LogP contribution in [0, 0.1) is 20.2 Å². The lowest BCUT2D eigenvalue weighted by atomic mass is 10.3. The Balaban J connectivity index is 3.55. The molecule has 0 bridgehead atoms. The molecule has 0 saturated carbocycles. The van der Waals surface area contributed by atoms with Crippen molar-refractivity contribution in [1.82, 2.24) is 0 Å². The molecule has 0 aliphatic rings. The Morgan fingerprint density at radius 3 is 2.06 bits per heavy atom. The molecule has 0 spiro atoms. The summed E-state index contributed by atoms with van der Waals surface area (Å²) < 4.78 is 22.2. The fourth-order valence-corrected chi connectivity index (χ4v) is 2.40. The predicted octanol–water partition coefficient (Wildman–Crippen LogP) is 1.59. The number of nitro groups is 2. The Morgan fingerprint density at radius 2 is 1.69 bits per heavy atom. The van der Waals surface area contributed by atoms with E-state index >= 15 is 0 Å². The van der Waals surface area contributed by atoms with Gasteiger partial charge in [0.15, 0.2) is 4.90 Å². The van der Waals surface area contributed by atoms with Crippen LogP contribution in [0.5, 0.6) is 0 Å². The molecule has 0 heterocycles. The van der Waals surface area contributed by atoms with Gasteiger partial charge >= 0.3 is 0 Å². The van der Waals surface area contributed by atoms with E-state index in [9.17, 15) is 28.6 Å². The third-order valence-corrected chi connectivity index (χ3v) is 3.53. The van der Waals surface area contributed by atoms with Crippen LogP contribution < -0.4 is 0 Å². The van der Waals surface area contributed by atoms with Crippen LogP contribution in [0.3, 0.4) is 0 Å². The minimum absolute atomic E-state index is 0.549. The van der Waals surface area contributed by atoms with Gasteiger partial charge in [0.25, 0.3) is 11.4 Å². The lowest BCUT2D eigenvalue weighted by Gasteiger charge is -1.98. The summed E-state index contributed by atoms with van der Waals surface area (Å²) in [7, 11) is -3.97. The molecule has 86 valence electrons. The van der Waals surface area contributed by atoms with Crippen LogP contribution >= 0.6 is 14.8 Å². The first-order chi connectivity index (χ1) is 7.23. The average molecular weight is 311 g/mol. The van der Waals surface area contributed by atoms with Crippen molar-refractivity contribution in [1.29, 1.82) is 0 Å². The summed E-state index contributed by atoms with van der Waals surface area (Å²) in [6.07, 6.45) is 0. The summed E-state index contributed by atoms with van der Waals surface area (Å²) in [6.45, 7) is 0. The van der Waals surface area contributed by atoms with E-state index in [1.54, 1.807) is 0 Å². The molecule has 0 aromatic heterocycles. The molecule has 0 saturated heterocycles. The summed E-state index contributed by atoms with van der Waals surface area (Å²) in [5.41, 5.74) is -1.39. The number of hydrogen-bond acceptors (Lipinski definition) is 6. The van der Waals surface area contributed by atoms with E-state index < -0.39 is 34.4 Å². The second-order valence-corrected chi connectivity index (χ2v) is 6.48. The van der Waals surface area contributed by atoms with Crippen molar-refractivity contribution in [2.24, 2.45) is 0 Å². The molecular formula is C6H3BrN2O6S. The van der Waals surface area contributed by atoms with Crippen LogP contribution in [0.1, 0.15) is 0 Å². The monoisotopic (exact) mass is 310 g/mol. The first-order valence-electron chi connectivity index (χ1n) is 3.61. The zero-order chi connectivity index (χ0) is 12.5. The quantitative estimate of drug-likeness (QED) is 0.475. The van der Waals surface area contributed by atoms with E-state index in [0.717, 1.165) is 12.1 Å². The van der Waals surface area contributed by atoms with Crippen molar-refractivity contribution in [3.8, 4) is 0 Å². The number of hydrogen-bond donors (Lipinski definition) is 0. The van der Waals surface area contributed by atoms with Gasteiger partial charge in [0.1, 0.15) is 0 Å². The number of nitrogens with zero attached hydrogens (tertiary/aromatic N) is 2. The highest BCUT2D eigenvalue weighted by atomic mass is 79.9. The average Bonchev–Trinajstić information content (AvgIpc) is 2.15. The van der Waals surface area contributed by atoms with E-state index in [-0.39, 0.29) is 0 Å². The Hall–Kier alpha value is -1.55. The van der Waals surface area contributed by atoms with Gasteiger partial charge in [0, 0.05) is 6.07 Å². The van der Waals surface area contributed by atoms with Crippen molar-refractivity contribution in [2.45, 2.75) is 4.90 Å². The second kappa shape index (κ2) is 4.14. The molecule has 0 N–H and O–H groups in total. The molecular weight excluding hydrogens is 308 g/mol. The van der Waals surface area contributed by atoms with Crippen LogP contribution in [-0.2, 0) is 8.27 Å². The normalized spacial score (nSPS) is 11.1. The van der Waals surface area contributed by atoms with Crippen molar-refractivity contribution in [3.63, 3.8) is 0 Å². The lowest BCUT2D eigenvalue weighted by molar-refractivity contribution is -0.396. The molecule has 16 heavy (non-hydrogen) atoms. The van der Waals surface area contributed by atoms with Gasteiger partial charge in [-0.25, -0.2) is 8.42 Å². The minimum Gasteiger partial charge on any atom is -0.258 e. The van der Waals surface area contributed by atoms with Gasteiger partial charge in [-0.2, -0.15) is 0 Å². The number of halogens is 1. The van der Waals surface area contributed by atoms with E-state index in [1.807, 2.05) is 0 Å². The number of non-ortho nitro benzene ring substituents is 1. The zero-order valence-corrected chi connectivity index (χ0v) is 9.76. The van der Waals surface area contributed by atoms with Crippen LogP contribution in [0.25, 0.3) is 0 Å². The third-order valence-electron chi connectivity index (χ3n) is 1.61. The summed E-state index contributed by atoms with van der Waals surface area (Å²) in [5, 5.41) is 20.9. The van der Waals surface area contributed by atoms with Gasteiger partial charge in [0.05, 0.1) is 30.7 Å². The molecule has 1 rings (SSSR count). The second-order valence-electron chi connectivity index (χ2n) is 2.60. The Bertz CT molecular complexity index is 568. The summed E-state index contributed by atoms with van der Waals surface area (Å²) >= 11 is 2.27. The fraction of sp³-hybridized carbons (Fsp3) is 0. The summed E-state index contributed by atoms with van der Waals surface area (Å²) in [4.78, 5) is 18.4. The van der Waals surface area contributed by atoms with Crippen molar-refractivity contribution in [2.75, 3.05) is 0 Å². The van der Waals surface area contributed by atoms with Crippen molar-refractivity contribution in [3.05, 3.63) is 38.4 Å². The van der Waals surface area contributed by atoms with E-state index in [1.165, 1.54) is 0 Å². The molecule has 0 unspecified atom stereocenters. The van der Waals surface area contributed by atoms with Gasteiger partial charge in [0.2, 0.25) is 8.27 Å². The smallest absolute Gasteiger partial charge is 0.258 e. The molecule has 0 radical (unpaired) electrons. The van der Waals surface area contributed by atoms with Gasteiger partial charge in [-0.05, 0) is 6.07 Å². The molecule has 8 nitrogen and oxygen atoms in total. The number of nitro benzene ring substituents is 2. The van der Waals surface area contributed by atoms with Gasteiger partial charge in [-0.3, -0.25) is 20.2 Å². The highest BCUT2D eigenvalue weighted by Gasteiger charge is 2.26. The van der Waals surface area contributed by atoms with Gasteiger partial charge in [-0.15, -0.1) is 0 Å². The van der Waals surface area contributed by atoms with Gasteiger partial charge < -0.3 is 0 Å². The maximum Gasteiger partial charge on any atom is 0.295 e. The lowest BCUT2D eigenvalue weighted by Crippen LogP contribution is -1.99. The maximum atomic E-state index is 11.1. The van der Waals surface area contributed by atoms with Gasteiger partial charge in [-0.1, -0.05) is 0 Å². The van der Waals surface area contributed by atoms with Crippen LogP contribution in [0.15, 0.2) is 23.1 Å². The summed E-state index contributed by atoms with van der Waals surface area (Å²) in [6, 6.07) is 2.27. The standard InChI is InChI=1S/C6H3BrN2O6S/c7-16(14,15)6-2-1-4(8(10)11)3-5(6)9(12)13/h1-3H. The summed E-state index contributed by atoms with van der Waals surface area (Å²) in [5.74, 6) is 0. The Labute approximate surface area is 96.3 Å². The maximum absolute atomic E-state index is 11.1. The number of rotatable bonds is 3. The first-order valence-corrected chi connectivity index (χ1v) is 6.93. The SMILES string of the molecule is O=[N+]([O-])c1ccc(S(=O)(=O)Br)c([N+](=O)[O-])c1. The molecule has 0 aliphatic carbocycles. The molecule has 0 fully saturated rings. The van der Waals surface area contributed by atoms with Crippen LogP contribution in [0.4, 0.5) is 11.4 Å². The first kappa shape index (κ1) is 12.5. The molecule has 0 amide bonds. The molecule has 1 aromatic carbocycles. The number of benzene rings is 1. The Kier molecular flexibility index (Phi) is 3.24. The Morgan fingerprint density at radius 1 is 1.12 bits per heavy atom. The third kappa shape index (κ3) is 2.52. The highest BCUT2D eigenvalue weighted by Crippen LogP contribution is 2.31. The minimum atomic E-state index is -3.97. The fourth-order valence-electron chi connectivity index (χ4n) is 0.968. The van der Waals surface area contributed by atoms with Crippen LogP contribution in [0.2, 0.25) is 0 Å². The van der Waals surface area contributed by atoms with E-state index in [0.29, 0.717) is 6.07 Å². The largest absolute Gasteiger partial charge is 0.295 e. The van der Waals surface area contributed by atoms with E-state index in [2.05, 4.69) is 14.8 Å². The zero-order valence-electron chi connectivity index (χ0n) is 7.36. The van der Waals surface area contributed by atoms with E-state index in [4.69, 9.17) is 0 Å². The molecule has 10 heteroatoms. The topological polar surface area (TPSA) is 120 Å². The molecule has 0 atom stereocenters. The molecule has 1 aromatic rings. The highest BCUT2D eigenvalue weighted by molar-refractivity contribution is 9.47. The predicted molar refractivity (Wildman–Crippen MR) is 55.9 cm³/mol. The van der Waals surface area contributed by atoms with Crippen LogP contribution in [-0.4, -0.2) is 18.3 Å².